The lowest BCUT2D eigenvalue weighted by atomic mass is 9.95. The Labute approximate surface area is 151 Å². The Morgan fingerprint density at radius 2 is 1.54 bits per heavy atom. The lowest BCUT2D eigenvalue weighted by Crippen LogP contribution is -2.37. The minimum Gasteiger partial charge on any atom is -0.507 e. The summed E-state index contributed by atoms with van der Waals surface area (Å²) in [7, 11) is 0. The summed E-state index contributed by atoms with van der Waals surface area (Å²) in [6.07, 6.45) is 10.2. The maximum atomic E-state index is 12.8. The fourth-order valence-corrected chi connectivity index (χ4v) is 3.95. The number of aliphatic hydroxyl groups excluding tert-OH is 1. The van der Waals surface area contributed by atoms with Crippen molar-refractivity contribution < 1.29 is 14.7 Å². The van der Waals surface area contributed by atoms with Gasteiger partial charge in [-0.2, -0.15) is 0 Å². The monoisotopic (exact) mass is 349 g/mol. The van der Waals surface area contributed by atoms with Crippen molar-refractivity contribution in [1.82, 2.24) is 14.9 Å². The van der Waals surface area contributed by atoms with Crippen molar-refractivity contribution in [3.05, 3.63) is 65.8 Å². The Hall–Kier alpha value is -3.02. The molecule has 2 fully saturated rings. The summed E-state index contributed by atoms with van der Waals surface area (Å²) in [4.78, 5) is 35.3. The third-order valence-corrected chi connectivity index (χ3v) is 5.17. The molecule has 2 aromatic heterocycles. The van der Waals surface area contributed by atoms with Crippen molar-refractivity contribution in [1.29, 1.82) is 0 Å². The van der Waals surface area contributed by atoms with E-state index >= 15 is 0 Å². The third-order valence-electron chi connectivity index (χ3n) is 5.17. The van der Waals surface area contributed by atoms with E-state index in [0.717, 1.165) is 31.2 Å². The molecule has 26 heavy (non-hydrogen) atoms. The van der Waals surface area contributed by atoms with Crippen LogP contribution < -0.4 is 0 Å². The molecule has 1 unspecified atom stereocenters. The van der Waals surface area contributed by atoms with Gasteiger partial charge in [0.15, 0.2) is 0 Å². The van der Waals surface area contributed by atoms with Gasteiger partial charge in [-0.3, -0.25) is 19.6 Å². The molecule has 132 valence electrons. The van der Waals surface area contributed by atoms with Gasteiger partial charge < -0.3 is 10.0 Å². The number of carbonyl (C=O) groups is 2. The zero-order chi connectivity index (χ0) is 18.1. The Balaban J connectivity index is 1.88. The van der Waals surface area contributed by atoms with Crippen LogP contribution in [0.3, 0.4) is 0 Å². The van der Waals surface area contributed by atoms with Gasteiger partial charge in [-0.1, -0.05) is 12.8 Å². The van der Waals surface area contributed by atoms with Crippen LogP contribution in [-0.2, 0) is 9.59 Å². The summed E-state index contributed by atoms with van der Waals surface area (Å²) in [5, 5.41) is 10.8. The van der Waals surface area contributed by atoms with Crippen molar-refractivity contribution >= 4 is 17.4 Å². The highest BCUT2D eigenvalue weighted by atomic mass is 16.3. The number of ketones is 1. The van der Waals surface area contributed by atoms with Crippen LogP contribution >= 0.6 is 0 Å². The topological polar surface area (TPSA) is 83.4 Å². The summed E-state index contributed by atoms with van der Waals surface area (Å²) in [6, 6.07) is 6.27. The number of nitrogens with zero attached hydrogens (tertiary/aromatic N) is 3. The van der Waals surface area contributed by atoms with Crippen LogP contribution in [0.2, 0.25) is 0 Å². The first-order valence-corrected chi connectivity index (χ1v) is 8.79. The second-order valence-corrected chi connectivity index (χ2v) is 6.66. The van der Waals surface area contributed by atoms with E-state index in [1.54, 1.807) is 54.0 Å². The molecule has 6 heteroatoms. The number of rotatable bonds is 3. The average Bonchev–Trinajstić information content (AvgIpc) is 3.30. The highest BCUT2D eigenvalue weighted by molar-refractivity contribution is 6.46. The number of amides is 1. The molecule has 0 aromatic carbocycles. The van der Waals surface area contributed by atoms with E-state index in [1.165, 1.54) is 0 Å². The number of hydrogen-bond donors (Lipinski definition) is 1. The number of aromatic nitrogens is 2. The molecule has 4 rings (SSSR count). The SMILES string of the molecule is O=C1C(=O)N(C2CCCC2)C(c2ccncc2)/C1=C(/O)c1ccncc1. The number of hydrogen-bond acceptors (Lipinski definition) is 5. The Morgan fingerprint density at radius 1 is 0.962 bits per heavy atom. The molecule has 6 nitrogen and oxygen atoms in total. The standard InChI is InChI=1S/C20H19N3O3/c24-18(14-7-11-22-12-8-14)16-17(13-5-9-21-10-6-13)23(20(26)19(16)25)15-3-1-2-4-15/h5-12,15,17,24H,1-4H2/b18-16-. The maximum absolute atomic E-state index is 12.8. The van der Waals surface area contributed by atoms with E-state index in [4.69, 9.17) is 0 Å². The molecule has 0 spiro atoms. The Kier molecular flexibility index (Phi) is 4.24. The summed E-state index contributed by atoms with van der Waals surface area (Å²) in [5.41, 5.74) is 1.39. The van der Waals surface area contributed by atoms with E-state index < -0.39 is 17.7 Å². The Morgan fingerprint density at radius 3 is 2.15 bits per heavy atom. The number of Topliss-reactive ketones (excluding diaryl/α,β-unsaturated/α-hetero) is 1. The van der Waals surface area contributed by atoms with Crippen LogP contribution in [0.4, 0.5) is 0 Å². The largest absolute Gasteiger partial charge is 0.507 e. The molecule has 1 N–H and O–H groups in total. The normalized spacial score (nSPS) is 22.9. The van der Waals surface area contributed by atoms with Gasteiger partial charge in [0, 0.05) is 36.4 Å². The summed E-state index contributed by atoms with van der Waals surface area (Å²) >= 11 is 0. The number of pyridine rings is 2. The van der Waals surface area contributed by atoms with Crippen molar-refractivity contribution in [3.8, 4) is 0 Å². The van der Waals surface area contributed by atoms with Crippen LogP contribution in [0.15, 0.2) is 54.6 Å². The van der Waals surface area contributed by atoms with Gasteiger partial charge in [0.2, 0.25) is 0 Å². The maximum Gasteiger partial charge on any atom is 0.295 e. The van der Waals surface area contributed by atoms with Crippen LogP contribution in [0, 0.1) is 0 Å². The third kappa shape index (κ3) is 2.67. The quantitative estimate of drug-likeness (QED) is 0.523. The minimum absolute atomic E-state index is 0.0207. The molecule has 1 aliphatic carbocycles. The van der Waals surface area contributed by atoms with Gasteiger partial charge in [0.25, 0.3) is 11.7 Å². The van der Waals surface area contributed by atoms with Crippen LogP contribution in [-0.4, -0.2) is 37.7 Å². The molecular formula is C20H19N3O3. The van der Waals surface area contributed by atoms with Crippen molar-refractivity contribution in [2.75, 3.05) is 0 Å². The number of carbonyl (C=O) groups excluding carboxylic acids is 2. The predicted molar refractivity (Wildman–Crippen MR) is 94.9 cm³/mol. The molecule has 1 saturated carbocycles. The fraction of sp³-hybridized carbons (Fsp3) is 0.300. The first-order chi connectivity index (χ1) is 12.7. The molecule has 2 aromatic rings. The van der Waals surface area contributed by atoms with E-state index in [1.807, 2.05) is 0 Å². The van der Waals surface area contributed by atoms with Gasteiger partial charge in [0.1, 0.15) is 5.76 Å². The molecule has 1 aliphatic heterocycles. The molecule has 2 aliphatic rings. The summed E-state index contributed by atoms with van der Waals surface area (Å²) < 4.78 is 0. The lowest BCUT2D eigenvalue weighted by molar-refractivity contribution is -0.141. The predicted octanol–water partition coefficient (Wildman–Crippen LogP) is 2.84. The van der Waals surface area contributed by atoms with Gasteiger partial charge in [0.05, 0.1) is 11.6 Å². The van der Waals surface area contributed by atoms with Crippen molar-refractivity contribution in [3.63, 3.8) is 0 Å². The second-order valence-electron chi connectivity index (χ2n) is 6.66. The zero-order valence-electron chi connectivity index (χ0n) is 14.2. The molecule has 1 atom stereocenters. The first-order valence-electron chi connectivity index (χ1n) is 8.79. The van der Waals surface area contributed by atoms with Crippen LogP contribution in [0.25, 0.3) is 5.76 Å². The molecular weight excluding hydrogens is 330 g/mol. The van der Waals surface area contributed by atoms with Gasteiger partial charge in [-0.15, -0.1) is 0 Å². The van der Waals surface area contributed by atoms with E-state index in [2.05, 4.69) is 9.97 Å². The highest BCUT2D eigenvalue weighted by Crippen LogP contribution is 2.43. The smallest absolute Gasteiger partial charge is 0.295 e. The summed E-state index contributed by atoms with van der Waals surface area (Å²) in [6.45, 7) is 0. The fourth-order valence-electron chi connectivity index (χ4n) is 3.95. The number of likely N-dealkylation sites (tertiary alicyclic amines) is 1. The van der Waals surface area contributed by atoms with E-state index in [-0.39, 0.29) is 17.4 Å². The van der Waals surface area contributed by atoms with Gasteiger partial charge >= 0.3 is 0 Å². The zero-order valence-corrected chi connectivity index (χ0v) is 14.2. The van der Waals surface area contributed by atoms with Crippen molar-refractivity contribution in [2.24, 2.45) is 0 Å². The molecule has 1 amide bonds. The molecule has 0 radical (unpaired) electrons. The van der Waals surface area contributed by atoms with E-state index in [0.29, 0.717) is 5.56 Å². The van der Waals surface area contributed by atoms with Crippen molar-refractivity contribution in [2.45, 2.75) is 37.8 Å². The number of aliphatic hydroxyl groups is 1. The lowest BCUT2D eigenvalue weighted by Gasteiger charge is -2.30. The molecule has 0 bridgehead atoms. The average molecular weight is 349 g/mol. The molecule has 3 heterocycles. The Bertz CT molecular complexity index is 858. The minimum atomic E-state index is -0.631. The van der Waals surface area contributed by atoms with Crippen LogP contribution in [0.5, 0.6) is 0 Å². The highest BCUT2D eigenvalue weighted by Gasteiger charge is 2.49. The second kappa shape index (κ2) is 6.71. The first kappa shape index (κ1) is 16.4. The van der Waals surface area contributed by atoms with E-state index in [9.17, 15) is 14.7 Å². The van der Waals surface area contributed by atoms with Crippen LogP contribution in [0.1, 0.15) is 42.9 Å². The molecule has 1 saturated heterocycles. The summed E-state index contributed by atoms with van der Waals surface area (Å²) in [5.74, 6) is -1.32. The van der Waals surface area contributed by atoms with Gasteiger partial charge in [-0.25, -0.2) is 0 Å². The van der Waals surface area contributed by atoms with Gasteiger partial charge in [-0.05, 0) is 42.7 Å².